The second kappa shape index (κ2) is 27.7. The standard InChI is InChI=1S/C55H58ClN9O10S2/c1-3-4-5-6-7-8-9-10-11-14-29-74-53(69)35(2)75-54(70)37-23-28-46(56)47(31-37)60-51(68)45-33-48(43-21-12-13-22-44(43)50(45)67)76-52-49(62-65-63-52)36-17-15-18-40(30-36)58-55(71)59-41-19-16-20-42(32-41)77(72,73)64-39-26-24-38(25-27-39)61-57-34-66/h12-13,15-28,30-35,49,61,64,67H,3-11,14,29H2,1-2H3,(H,57,66)(H,60,68)(H2,58,59,71). The van der Waals surface area contributed by atoms with E-state index in [2.05, 4.69) is 53.9 Å². The molecule has 2 unspecified atom stereocenters. The first-order chi connectivity index (χ1) is 37.2. The van der Waals surface area contributed by atoms with Crippen molar-refractivity contribution < 1.29 is 47.0 Å². The lowest BCUT2D eigenvalue weighted by Gasteiger charge is -2.16. The van der Waals surface area contributed by atoms with Gasteiger partial charge in [0, 0.05) is 27.3 Å². The summed E-state index contributed by atoms with van der Waals surface area (Å²) in [6.45, 7) is 3.86. The molecule has 1 aliphatic rings. The molecule has 2 atom stereocenters. The fourth-order valence-corrected chi connectivity index (χ4v) is 10.4. The minimum absolute atomic E-state index is 0.00682. The molecule has 22 heteroatoms. The number of urea groups is 1. The number of phenolic OH excluding ortho intramolecular Hbond substituents is 1. The highest BCUT2D eigenvalue weighted by Gasteiger charge is 2.28. The molecular weight excluding hydrogens is 1050 g/mol. The number of esters is 2. The van der Waals surface area contributed by atoms with Gasteiger partial charge in [0.1, 0.15) is 16.8 Å². The van der Waals surface area contributed by atoms with Crippen molar-refractivity contribution in [1.29, 1.82) is 0 Å². The van der Waals surface area contributed by atoms with Crippen LogP contribution < -0.4 is 31.5 Å². The monoisotopic (exact) mass is 1100 g/mol. The number of carbonyl (C=O) groups is 5. The Kier molecular flexibility index (Phi) is 20.4. The third-order valence-corrected chi connectivity index (χ3v) is 14.8. The number of halogens is 1. The molecule has 0 aliphatic carbocycles. The number of benzene rings is 6. The van der Waals surface area contributed by atoms with Gasteiger partial charge in [0.05, 0.1) is 39.0 Å². The Hall–Kier alpha value is -8.01. The lowest BCUT2D eigenvalue weighted by atomic mass is 10.0. The second-order valence-electron chi connectivity index (χ2n) is 17.8. The molecule has 4 amide bonds. The zero-order chi connectivity index (χ0) is 54.7. The summed E-state index contributed by atoms with van der Waals surface area (Å²) in [6, 6.07) is 29.8. The number of nitrogens with zero attached hydrogens (tertiary/aromatic N) is 3. The zero-order valence-electron chi connectivity index (χ0n) is 42.2. The van der Waals surface area contributed by atoms with Gasteiger partial charge < -0.3 is 30.5 Å². The molecule has 0 radical (unpaired) electrons. The van der Waals surface area contributed by atoms with Crippen LogP contribution in [0.5, 0.6) is 5.75 Å². The predicted molar refractivity (Wildman–Crippen MR) is 299 cm³/mol. The molecule has 19 nitrogen and oxygen atoms in total. The molecular formula is C55H58ClN9O10S2. The average molecular weight is 1100 g/mol. The van der Waals surface area contributed by atoms with E-state index in [0.29, 0.717) is 50.5 Å². The highest BCUT2D eigenvalue weighted by atomic mass is 35.5. The van der Waals surface area contributed by atoms with E-state index in [0.717, 1.165) is 31.0 Å². The molecule has 1 heterocycles. The van der Waals surface area contributed by atoms with Crippen molar-refractivity contribution in [3.63, 3.8) is 0 Å². The Labute approximate surface area is 455 Å². The van der Waals surface area contributed by atoms with Crippen molar-refractivity contribution in [2.24, 2.45) is 15.4 Å². The fourth-order valence-electron chi connectivity index (χ4n) is 8.07. The van der Waals surface area contributed by atoms with Crippen molar-refractivity contribution in [3.05, 3.63) is 143 Å². The summed E-state index contributed by atoms with van der Waals surface area (Å²) in [4.78, 5) is 64.1. The maximum atomic E-state index is 14.0. The minimum atomic E-state index is -4.06. The van der Waals surface area contributed by atoms with Crippen LogP contribution in [0.4, 0.5) is 33.2 Å². The van der Waals surface area contributed by atoms with Crippen LogP contribution in [0.3, 0.4) is 0 Å². The molecule has 0 fully saturated rings. The van der Waals surface area contributed by atoms with Crippen molar-refractivity contribution in [3.8, 4) is 5.75 Å². The third kappa shape index (κ3) is 16.0. The molecule has 402 valence electrons. The highest BCUT2D eigenvalue weighted by Crippen LogP contribution is 2.42. The van der Waals surface area contributed by atoms with Gasteiger partial charge in [0.15, 0.2) is 6.10 Å². The largest absolute Gasteiger partial charge is 0.506 e. The molecule has 1 aliphatic heterocycles. The van der Waals surface area contributed by atoms with E-state index in [1.165, 1.54) is 106 Å². The van der Waals surface area contributed by atoms with Gasteiger partial charge >= 0.3 is 18.0 Å². The summed E-state index contributed by atoms with van der Waals surface area (Å²) >= 11 is 7.67. The fraction of sp³-hybridized carbons (Fsp3) is 0.273. The number of nitrogens with one attached hydrogen (secondary N) is 6. The smallest absolute Gasteiger partial charge is 0.347 e. The van der Waals surface area contributed by atoms with Gasteiger partial charge in [-0.15, -0.1) is 5.10 Å². The molecule has 0 spiro atoms. The molecule has 77 heavy (non-hydrogen) atoms. The molecule has 7 rings (SSSR count). The topological polar surface area (TPSA) is 267 Å². The molecule has 0 saturated carbocycles. The van der Waals surface area contributed by atoms with Crippen molar-refractivity contribution in [2.75, 3.05) is 32.7 Å². The van der Waals surface area contributed by atoms with Gasteiger partial charge in [0.2, 0.25) is 6.41 Å². The Morgan fingerprint density at radius 1 is 0.753 bits per heavy atom. The molecule has 6 aromatic carbocycles. The van der Waals surface area contributed by atoms with E-state index < -0.39 is 46.0 Å². The number of hydrogen-bond donors (Lipinski definition) is 7. The van der Waals surface area contributed by atoms with E-state index in [1.54, 1.807) is 60.7 Å². The quantitative estimate of drug-likeness (QED) is 0.0116. The van der Waals surface area contributed by atoms with Crippen LogP contribution in [0.2, 0.25) is 5.02 Å². The first-order valence-corrected chi connectivity index (χ1v) is 27.7. The van der Waals surface area contributed by atoms with Crippen LogP contribution in [0.25, 0.3) is 10.8 Å². The van der Waals surface area contributed by atoms with Crippen molar-refractivity contribution in [1.82, 2.24) is 5.43 Å². The Balaban J connectivity index is 0.958. The number of amides is 4. The van der Waals surface area contributed by atoms with Crippen LogP contribution >= 0.6 is 23.4 Å². The Morgan fingerprint density at radius 2 is 1.42 bits per heavy atom. The van der Waals surface area contributed by atoms with Crippen molar-refractivity contribution in [2.45, 2.75) is 100.0 Å². The summed E-state index contributed by atoms with van der Waals surface area (Å²) < 4.78 is 39.7. The van der Waals surface area contributed by atoms with E-state index in [1.807, 2.05) is 0 Å². The number of aromatic hydroxyl groups is 1. The van der Waals surface area contributed by atoms with Crippen LogP contribution in [-0.4, -0.2) is 61.6 Å². The number of rotatable bonds is 26. The molecule has 7 N–H and O–H groups in total. The van der Waals surface area contributed by atoms with Gasteiger partial charge in [-0.05, 0) is 108 Å². The number of unbranched alkanes of at least 4 members (excludes halogenated alkanes) is 9. The van der Waals surface area contributed by atoms with Crippen molar-refractivity contribution >= 4 is 108 Å². The first kappa shape index (κ1) is 56.7. The van der Waals surface area contributed by atoms with Gasteiger partial charge in [-0.2, -0.15) is 5.11 Å². The molecule has 6 aromatic rings. The summed E-state index contributed by atoms with van der Waals surface area (Å²) in [6.07, 6.45) is 10.7. The van der Waals surface area contributed by atoms with E-state index >= 15 is 0 Å². The summed E-state index contributed by atoms with van der Waals surface area (Å²) in [5, 5.41) is 33.7. The van der Waals surface area contributed by atoms with Crippen LogP contribution in [-0.2, 0) is 29.1 Å². The molecule has 0 saturated heterocycles. The van der Waals surface area contributed by atoms with E-state index in [4.69, 9.17) is 21.1 Å². The van der Waals surface area contributed by atoms with Gasteiger partial charge in [-0.3, -0.25) is 25.2 Å². The van der Waals surface area contributed by atoms with Crippen LogP contribution in [0, 0.1) is 0 Å². The Morgan fingerprint density at radius 3 is 2.13 bits per heavy atom. The molecule has 0 bridgehead atoms. The molecule has 0 aromatic heterocycles. The lowest BCUT2D eigenvalue weighted by molar-refractivity contribution is -0.153. The number of hydrazine groups is 1. The normalized spacial score (nSPS) is 13.2. The van der Waals surface area contributed by atoms with E-state index in [-0.39, 0.29) is 50.5 Å². The lowest BCUT2D eigenvalue weighted by Crippen LogP contribution is -2.26. The maximum Gasteiger partial charge on any atom is 0.347 e. The van der Waals surface area contributed by atoms with Gasteiger partial charge in [-0.25, -0.2) is 22.8 Å². The second-order valence-corrected chi connectivity index (χ2v) is 21.0. The number of fused-ring (bicyclic) bond motifs is 1. The van der Waals surface area contributed by atoms with Crippen LogP contribution in [0.1, 0.15) is 110 Å². The van der Waals surface area contributed by atoms with Gasteiger partial charge in [0.25, 0.3) is 15.9 Å². The third-order valence-electron chi connectivity index (χ3n) is 12.1. The van der Waals surface area contributed by atoms with E-state index in [9.17, 15) is 37.5 Å². The number of phenols is 1. The number of ether oxygens (including phenoxy) is 2. The summed E-state index contributed by atoms with van der Waals surface area (Å²) in [7, 11) is -4.06. The number of sulfonamides is 1. The zero-order valence-corrected chi connectivity index (χ0v) is 44.6. The number of carbonyl (C=O) groups excluding carboxylic acids is 5. The SMILES string of the molecule is CCCCCCCCCCCCOC(=O)C(C)OC(=O)c1ccc(Cl)c(NC(=O)c2cc(SC3=NN=NC3c3cccc(NC(=O)Nc4cccc(S(=O)(=O)Nc5ccc(NNC=O)cc5)c4)c3)c3ccccc3c2O)c1. The summed E-state index contributed by atoms with van der Waals surface area (Å²) in [5.74, 6) is -2.57. The number of thioether (sulfide) groups is 1. The highest BCUT2D eigenvalue weighted by molar-refractivity contribution is 8.14. The Bertz CT molecular complexity index is 3270. The number of hydrogen-bond acceptors (Lipinski definition) is 15. The predicted octanol–water partition coefficient (Wildman–Crippen LogP) is 12.6. The average Bonchev–Trinajstić information content (AvgIpc) is 3.89. The summed E-state index contributed by atoms with van der Waals surface area (Å²) in [5.41, 5.74) is 6.82. The number of anilines is 5. The van der Waals surface area contributed by atoms with Crippen LogP contribution in [0.15, 0.2) is 147 Å². The van der Waals surface area contributed by atoms with Gasteiger partial charge in [-0.1, -0.05) is 131 Å². The maximum absolute atomic E-state index is 14.0. The minimum Gasteiger partial charge on any atom is -0.506 e. The first-order valence-electron chi connectivity index (χ1n) is 25.0.